The van der Waals surface area contributed by atoms with Crippen LogP contribution in [0, 0.1) is 0 Å². The van der Waals surface area contributed by atoms with Gasteiger partial charge in [-0.1, -0.05) is 62.1 Å². The Morgan fingerprint density at radius 3 is 2.38 bits per heavy atom. The second-order valence-corrected chi connectivity index (χ2v) is 10.9. The summed E-state index contributed by atoms with van der Waals surface area (Å²) in [5.74, 6) is 0. The molecule has 0 heterocycles. The van der Waals surface area contributed by atoms with Gasteiger partial charge in [0.05, 0.1) is 13.2 Å². The van der Waals surface area contributed by atoms with Crippen LogP contribution >= 0.6 is 0 Å². The maximum absolute atomic E-state index is 5.65. The van der Waals surface area contributed by atoms with Crippen molar-refractivity contribution in [3.63, 3.8) is 0 Å². The van der Waals surface area contributed by atoms with E-state index in [1.54, 1.807) is 0 Å². The molecule has 0 aromatic heterocycles. The first-order chi connectivity index (χ1) is 7.47. The minimum atomic E-state index is -1.03. The molecule has 0 saturated carbocycles. The van der Waals surface area contributed by atoms with E-state index < -0.39 is 8.07 Å². The fraction of sp³-hybridized carbons (Fsp3) is 0.429. The van der Waals surface area contributed by atoms with Crippen LogP contribution in [-0.4, -0.2) is 14.7 Å². The molecule has 0 aliphatic carbocycles. The molecule has 1 rings (SSSR count). The Morgan fingerprint density at radius 2 is 1.81 bits per heavy atom. The summed E-state index contributed by atoms with van der Waals surface area (Å²) in [6.45, 7) is 12.5. The topological polar surface area (TPSA) is 9.23 Å². The maximum Gasteiger partial charge on any atom is 0.0721 e. The quantitative estimate of drug-likeness (QED) is 0.532. The van der Waals surface area contributed by atoms with Crippen LogP contribution in [0.25, 0.3) is 0 Å². The van der Waals surface area contributed by atoms with Crippen LogP contribution in [0.2, 0.25) is 25.7 Å². The van der Waals surface area contributed by atoms with E-state index in [0.717, 1.165) is 6.04 Å². The lowest BCUT2D eigenvalue weighted by Crippen LogP contribution is -2.20. The SMILES string of the molecule is C=C(COCc1ccccc1)C[Si](C)(C)C. The number of ether oxygens (including phenoxy) is 1. The fourth-order valence-corrected chi connectivity index (χ4v) is 3.29. The van der Waals surface area contributed by atoms with Crippen LogP contribution in [-0.2, 0) is 11.3 Å². The van der Waals surface area contributed by atoms with Crippen molar-refractivity contribution in [3.8, 4) is 0 Å². The van der Waals surface area contributed by atoms with E-state index in [2.05, 4.69) is 38.4 Å². The van der Waals surface area contributed by atoms with Gasteiger partial charge in [0, 0.05) is 8.07 Å². The molecular weight excluding hydrogens is 212 g/mol. The van der Waals surface area contributed by atoms with E-state index in [0.29, 0.717) is 13.2 Å². The predicted octanol–water partition coefficient (Wildman–Crippen LogP) is 4.10. The van der Waals surface area contributed by atoms with Crippen molar-refractivity contribution in [2.75, 3.05) is 6.61 Å². The molecule has 1 nitrogen and oxygen atoms in total. The summed E-state index contributed by atoms with van der Waals surface area (Å²) >= 11 is 0. The summed E-state index contributed by atoms with van der Waals surface area (Å²) < 4.78 is 5.65. The summed E-state index contributed by atoms with van der Waals surface area (Å²) in [4.78, 5) is 0. The highest BCUT2D eigenvalue weighted by atomic mass is 28.3. The standard InChI is InChI=1S/C14H22OSi/c1-13(12-16(2,3)4)10-15-11-14-8-6-5-7-9-14/h5-9H,1,10-12H2,2-4H3. The second-order valence-electron chi connectivity index (χ2n) is 5.47. The molecule has 0 saturated heterocycles. The maximum atomic E-state index is 5.65. The van der Waals surface area contributed by atoms with E-state index in [1.807, 2.05) is 18.2 Å². The zero-order chi connectivity index (χ0) is 12.0. The highest BCUT2D eigenvalue weighted by Crippen LogP contribution is 2.15. The first-order valence-corrected chi connectivity index (χ1v) is 9.46. The molecule has 88 valence electrons. The Balaban J connectivity index is 2.24. The first-order valence-electron chi connectivity index (χ1n) is 5.76. The van der Waals surface area contributed by atoms with Crippen molar-refractivity contribution < 1.29 is 4.74 Å². The highest BCUT2D eigenvalue weighted by Gasteiger charge is 2.14. The minimum absolute atomic E-state index is 0.686. The summed E-state index contributed by atoms with van der Waals surface area (Å²) in [6, 6.07) is 11.4. The van der Waals surface area contributed by atoms with E-state index in [4.69, 9.17) is 4.74 Å². The van der Waals surface area contributed by atoms with Gasteiger partial charge in [-0.3, -0.25) is 0 Å². The van der Waals surface area contributed by atoms with Crippen molar-refractivity contribution in [2.24, 2.45) is 0 Å². The zero-order valence-electron chi connectivity index (χ0n) is 10.6. The van der Waals surface area contributed by atoms with Crippen molar-refractivity contribution in [3.05, 3.63) is 48.0 Å². The van der Waals surface area contributed by atoms with Gasteiger partial charge >= 0.3 is 0 Å². The molecule has 16 heavy (non-hydrogen) atoms. The zero-order valence-corrected chi connectivity index (χ0v) is 11.6. The average Bonchev–Trinajstić information content (AvgIpc) is 2.16. The Kier molecular flexibility index (Phi) is 4.96. The predicted molar refractivity (Wildman–Crippen MR) is 73.4 cm³/mol. The van der Waals surface area contributed by atoms with Crippen LogP contribution in [0.3, 0.4) is 0 Å². The van der Waals surface area contributed by atoms with Crippen molar-refractivity contribution in [2.45, 2.75) is 32.3 Å². The van der Waals surface area contributed by atoms with E-state index in [9.17, 15) is 0 Å². The molecule has 0 bridgehead atoms. The second kappa shape index (κ2) is 6.02. The third-order valence-electron chi connectivity index (χ3n) is 2.20. The first kappa shape index (κ1) is 13.2. The molecule has 0 amide bonds. The lowest BCUT2D eigenvalue weighted by molar-refractivity contribution is 0.142. The van der Waals surface area contributed by atoms with Crippen molar-refractivity contribution in [1.29, 1.82) is 0 Å². The van der Waals surface area contributed by atoms with Gasteiger partial charge in [0.25, 0.3) is 0 Å². The largest absolute Gasteiger partial charge is 0.372 e. The summed E-state index contributed by atoms with van der Waals surface area (Å²) in [7, 11) is -1.03. The third kappa shape index (κ3) is 5.88. The van der Waals surface area contributed by atoms with E-state index in [1.165, 1.54) is 11.1 Å². The highest BCUT2D eigenvalue weighted by molar-refractivity contribution is 6.76. The summed E-state index contributed by atoms with van der Waals surface area (Å²) in [5.41, 5.74) is 2.46. The lowest BCUT2D eigenvalue weighted by Gasteiger charge is -2.17. The van der Waals surface area contributed by atoms with E-state index in [-0.39, 0.29) is 0 Å². The minimum Gasteiger partial charge on any atom is -0.372 e. The molecule has 0 aliphatic heterocycles. The molecule has 0 aliphatic rings. The molecule has 0 radical (unpaired) electrons. The van der Waals surface area contributed by atoms with Crippen LogP contribution in [0.15, 0.2) is 42.5 Å². The number of hydrogen-bond acceptors (Lipinski definition) is 1. The molecule has 0 atom stereocenters. The summed E-state index contributed by atoms with van der Waals surface area (Å²) in [5, 5.41) is 0. The summed E-state index contributed by atoms with van der Waals surface area (Å²) in [6.07, 6.45) is 0. The van der Waals surface area contributed by atoms with Crippen molar-refractivity contribution in [1.82, 2.24) is 0 Å². The molecule has 0 N–H and O–H groups in total. The monoisotopic (exact) mass is 234 g/mol. The third-order valence-corrected chi connectivity index (χ3v) is 3.76. The van der Waals surface area contributed by atoms with Gasteiger partial charge in [-0.25, -0.2) is 0 Å². The van der Waals surface area contributed by atoms with Crippen LogP contribution < -0.4 is 0 Å². The molecule has 0 spiro atoms. The van der Waals surface area contributed by atoms with Gasteiger partial charge in [-0.2, -0.15) is 0 Å². The fourth-order valence-electron chi connectivity index (χ4n) is 1.69. The van der Waals surface area contributed by atoms with E-state index >= 15 is 0 Å². The van der Waals surface area contributed by atoms with Gasteiger partial charge in [0.2, 0.25) is 0 Å². The number of hydrogen-bond donors (Lipinski definition) is 0. The molecule has 2 heteroatoms. The van der Waals surface area contributed by atoms with Crippen LogP contribution in [0.4, 0.5) is 0 Å². The Hall–Kier alpha value is -0.863. The lowest BCUT2D eigenvalue weighted by atomic mass is 10.2. The van der Waals surface area contributed by atoms with Crippen LogP contribution in [0.5, 0.6) is 0 Å². The Labute approximate surface area is 100 Å². The molecule has 1 aromatic rings. The molecular formula is C14H22OSi. The van der Waals surface area contributed by atoms with Crippen LogP contribution in [0.1, 0.15) is 5.56 Å². The number of benzene rings is 1. The van der Waals surface area contributed by atoms with Gasteiger partial charge in [0.15, 0.2) is 0 Å². The van der Waals surface area contributed by atoms with Gasteiger partial charge in [0.1, 0.15) is 0 Å². The Morgan fingerprint density at radius 1 is 1.19 bits per heavy atom. The number of rotatable bonds is 6. The van der Waals surface area contributed by atoms with Gasteiger partial charge in [-0.05, 0) is 11.6 Å². The molecule has 0 unspecified atom stereocenters. The smallest absolute Gasteiger partial charge is 0.0721 e. The van der Waals surface area contributed by atoms with Gasteiger partial charge in [-0.15, -0.1) is 0 Å². The average molecular weight is 234 g/mol. The van der Waals surface area contributed by atoms with Crippen molar-refractivity contribution >= 4 is 8.07 Å². The normalized spacial score (nSPS) is 11.4. The van der Waals surface area contributed by atoms with Gasteiger partial charge < -0.3 is 4.74 Å². The molecule has 1 aromatic carbocycles. The Bertz CT molecular complexity index is 324. The molecule has 0 fully saturated rings.